The molecular weight excluding hydrogens is 430 g/mol. The maximum atomic E-state index is 2.92. The third-order valence-corrected chi connectivity index (χ3v) is 18.1. The van der Waals surface area contributed by atoms with E-state index in [-0.39, 0.29) is 16.1 Å². The zero-order valence-corrected chi connectivity index (χ0v) is 24.2. The second-order valence-electron chi connectivity index (χ2n) is 9.92. The van der Waals surface area contributed by atoms with Crippen molar-refractivity contribution in [3.8, 4) is 0 Å². The Balaban J connectivity index is 2.77. The van der Waals surface area contributed by atoms with E-state index < -0.39 is 8.40 Å². The summed E-state index contributed by atoms with van der Waals surface area (Å²) in [7, 11) is -2.75. The topological polar surface area (TPSA) is 6.48 Å². The number of benzene rings is 2. The Morgan fingerprint density at radius 1 is 0.516 bits per heavy atom. The molecule has 0 atom stereocenters. The molecule has 0 amide bonds. The SMILES string of the molecule is CC(C)P(C(C)C)N(c1ccccc1)[Si](C)(C)N(c1ccccc1)P(C(C)C)C(C)C. The van der Waals surface area contributed by atoms with Gasteiger partial charge in [-0.3, -0.25) is 0 Å². The molecule has 0 aliphatic heterocycles. The molecule has 0 fully saturated rings. The van der Waals surface area contributed by atoms with Crippen molar-refractivity contribution in [2.75, 3.05) is 8.67 Å². The van der Waals surface area contributed by atoms with Crippen LogP contribution in [0.3, 0.4) is 0 Å². The molecular formula is C26H44N2P2Si. The highest BCUT2D eigenvalue weighted by Crippen LogP contribution is 2.60. The predicted octanol–water partition coefficient (Wildman–Crippen LogP) is 9.13. The number of hydrogen-bond donors (Lipinski definition) is 0. The van der Waals surface area contributed by atoms with Gasteiger partial charge >= 0.3 is 0 Å². The van der Waals surface area contributed by atoms with Crippen molar-refractivity contribution in [3.05, 3.63) is 60.7 Å². The Morgan fingerprint density at radius 2 is 0.774 bits per heavy atom. The van der Waals surface area contributed by atoms with Crippen molar-refractivity contribution < 1.29 is 0 Å². The number of rotatable bonds is 10. The Bertz CT molecular complexity index is 697. The van der Waals surface area contributed by atoms with Gasteiger partial charge in [-0.1, -0.05) is 91.8 Å². The lowest BCUT2D eigenvalue weighted by Crippen LogP contribution is -2.60. The highest BCUT2D eigenvalue weighted by Gasteiger charge is 2.46. The first-order valence-corrected chi connectivity index (χ1v) is 17.5. The molecule has 2 rings (SSSR count). The lowest BCUT2D eigenvalue weighted by atomic mass is 10.3. The van der Waals surface area contributed by atoms with Gasteiger partial charge in [0.25, 0.3) is 8.40 Å². The summed E-state index contributed by atoms with van der Waals surface area (Å²) < 4.78 is 5.84. The molecule has 0 saturated heterocycles. The molecule has 0 spiro atoms. The minimum absolute atomic E-state index is 0.329. The van der Waals surface area contributed by atoms with Gasteiger partial charge in [-0.05, 0) is 76.1 Å². The van der Waals surface area contributed by atoms with Crippen LogP contribution in [0, 0.1) is 0 Å². The number of para-hydroxylation sites is 2. The molecule has 0 bridgehead atoms. The summed E-state index contributed by atoms with van der Waals surface area (Å²) in [6.45, 7) is 24.6. The van der Waals surface area contributed by atoms with E-state index >= 15 is 0 Å². The van der Waals surface area contributed by atoms with E-state index in [1.54, 1.807) is 0 Å². The maximum Gasteiger partial charge on any atom is 0.264 e. The second kappa shape index (κ2) is 11.3. The fourth-order valence-electron chi connectivity index (χ4n) is 4.81. The molecule has 2 aromatic carbocycles. The predicted molar refractivity (Wildman–Crippen MR) is 150 cm³/mol. The standard InChI is InChI=1S/C26H44N2P2Si/c1-21(2)29(22(3)4)27(25-17-13-11-14-18-25)31(9,10)28(26-19-15-12-16-20-26)30(23(5)6)24(7)8/h11-24H,1-10H3. The molecule has 0 N–H and O–H groups in total. The number of nitrogens with zero attached hydrogens (tertiary/aromatic N) is 2. The van der Waals surface area contributed by atoms with Gasteiger partial charge in [0.1, 0.15) is 0 Å². The van der Waals surface area contributed by atoms with E-state index in [1.165, 1.54) is 11.4 Å². The van der Waals surface area contributed by atoms with E-state index in [9.17, 15) is 0 Å². The highest BCUT2D eigenvalue weighted by atomic mass is 31.1. The van der Waals surface area contributed by atoms with Crippen LogP contribution in [0.15, 0.2) is 60.7 Å². The largest absolute Gasteiger partial charge is 0.359 e. The molecule has 0 aromatic heterocycles. The van der Waals surface area contributed by atoms with Crippen LogP contribution in [-0.2, 0) is 0 Å². The van der Waals surface area contributed by atoms with E-state index in [2.05, 4.69) is 138 Å². The summed E-state index contributed by atoms with van der Waals surface area (Å²) in [6, 6.07) is 22.5. The zero-order valence-electron chi connectivity index (χ0n) is 21.4. The molecule has 0 heterocycles. The molecule has 31 heavy (non-hydrogen) atoms. The molecule has 2 nitrogen and oxygen atoms in total. The molecule has 0 aliphatic carbocycles. The fraction of sp³-hybridized carbons (Fsp3) is 0.538. The van der Waals surface area contributed by atoms with Crippen molar-refractivity contribution in [3.63, 3.8) is 0 Å². The minimum atomic E-state index is -2.10. The fourth-order valence-corrected chi connectivity index (χ4v) is 19.6. The molecule has 172 valence electrons. The normalized spacial score (nSPS) is 12.6. The van der Waals surface area contributed by atoms with Crippen LogP contribution in [-0.4, -0.2) is 31.0 Å². The van der Waals surface area contributed by atoms with Crippen molar-refractivity contribution in [2.24, 2.45) is 0 Å². The van der Waals surface area contributed by atoms with Crippen LogP contribution in [0.4, 0.5) is 11.4 Å². The first kappa shape index (κ1) is 26.4. The van der Waals surface area contributed by atoms with E-state index in [4.69, 9.17) is 0 Å². The first-order valence-electron chi connectivity index (χ1n) is 11.8. The Kier molecular flexibility index (Phi) is 9.62. The molecule has 0 aliphatic rings. The van der Waals surface area contributed by atoms with E-state index in [0.717, 1.165) is 0 Å². The van der Waals surface area contributed by atoms with Crippen LogP contribution >= 0.6 is 16.1 Å². The van der Waals surface area contributed by atoms with Crippen molar-refractivity contribution >= 4 is 35.9 Å². The highest BCUT2D eigenvalue weighted by molar-refractivity contribution is 7.68. The zero-order chi connectivity index (χ0) is 23.3. The van der Waals surface area contributed by atoms with Crippen LogP contribution in [0.2, 0.25) is 13.1 Å². The summed E-state index contributed by atoms with van der Waals surface area (Å²) in [6.07, 6.45) is 0. The van der Waals surface area contributed by atoms with Crippen LogP contribution in [0.25, 0.3) is 0 Å². The average molecular weight is 475 g/mol. The second-order valence-corrected chi connectivity index (χ2v) is 21.0. The smallest absolute Gasteiger partial charge is 0.264 e. The van der Waals surface area contributed by atoms with Crippen molar-refractivity contribution in [1.82, 2.24) is 0 Å². The van der Waals surface area contributed by atoms with Gasteiger partial charge in [0.2, 0.25) is 0 Å². The quantitative estimate of drug-likeness (QED) is 0.250. The Labute approximate surface area is 196 Å². The van der Waals surface area contributed by atoms with Gasteiger partial charge in [0.15, 0.2) is 0 Å². The number of hydrogen-bond acceptors (Lipinski definition) is 2. The van der Waals surface area contributed by atoms with Crippen LogP contribution in [0.1, 0.15) is 55.4 Å². The van der Waals surface area contributed by atoms with Gasteiger partial charge in [0, 0.05) is 11.4 Å². The van der Waals surface area contributed by atoms with Crippen LogP contribution < -0.4 is 8.67 Å². The maximum absolute atomic E-state index is 2.92. The molecule has 0 saturated carbocycles. The summed E-state index contributed by atoms with van der Waals surface area (Å²) >= 11 is 0. The van der Waals surface area contributed by atoms with Gasteiger partial charge in [-0.15, -0.1) is 0 Å². The van der Waals surface area contributed by atoms with E-state index in [0.29, 0.717) is 22.6 Å². The third kappa shape index (κ3) is 6.13. The van der Waals surface area contributed by atoms with Crippen molar-refractivity contribution in [2.45, 2.75) is 91.1 Å². The molecule has 0 radical (unpaired) electrons. The number of anilines is 2. The van der Waals surface area contributed by atoms with Gasteiger partial charge in [0.05, 0.1) is 0 Å². The van der Waals surface area contributed by atoms with Crippen molar-refractivity contribution in [1.29, 1.82) is 0 Å². The van der Waals surface area contributed by atoms with E-state index in [1.807, 2.05) is 0 Å². The molecule has 0 unspecified atom stereocenters. The van der Waals surface area contributed by atoms with Gasteiger partial charge in [-0.25, -0.2) is 0 Å². The third-order valence-electron chi connectivity index (χ3n) is 5.62. The van der Waals surface area contributed by atoms with Gasteiger partial charge < -0.3 is 8.67 Å². The summed E-state index contributed by atoms with van der Waals surface area (Å²) in [4.78, 5) is 0. The summed E-state index contributed by atoms with van der Waals surface area (Å²) in [5, 5.41) is 0. The average Bonchev–Trinajstić information content (AvgIpc) is 2.69. The van der Waals surface area contributed by atoms with Gasteiger partial charge in [-0.2, -0.15) is 0 Å². The summed E-state index contributed by atoms with van der Waals surface area (Å²) in [5.41, 5.74) is 5.37. The first-order chi connectivity index (χ1) is 14.5. The Morgan fingerprint density at radius 3 is 1.00 bits per heavy atom. The van der Waals surface area contributed by atoms with Crippen LogP contribution in [0.5, 0.6) is 0 Å². The Hall–Kier alpha value is -0.883. The lowest BCUT2D eigenvalue weighted by molar-refractivity contribution is 0.991. The monoisotopic (exact) mass is 474 g/mol. The molecule has 5 heteroatoms. The summed E-state index contributed by atoms with van der Waals surface area (Å²) in [5.74, 6) is 0. The minimum Gasteiger partial charge on any atom is -0.359 e. The lowest BCUT2D eigenvalue weighted by Gasteiger charge is -2.56. The molecule has 2 aromatic rings.